The third kappa shape index (κ3) is 2.65. The van der Waals surface area contributed by atoms with Crippen LogP contribution in [0.1, 0.15) is 45.1 Å². The fourth-order valence-electron chi connectivity index (χ4n) is 3.10. The molecule has 3 heteroatoms. The van der Waals surface area contributed by atoms with Crippen molar-refractivity contribution in [1.29, 1.82) is 0 Å². The van der Waals surface area contributed by atoms with Crippen molar-refractivity contribution in [2.24, 2.45) is 5.41 Å². The SMILES string of the molecule is COc1ccc(Cl)cc1C1(O)CCCC(C)(C)C1. The normalized spacial score (nSPS) is 26.9. The molecule has 1 aliphatic carbocycles. The van der Waals surface area contributed by atoms with Gasteiger partial charge >= 0.3 is 0 Å². The molecule has 0 amide bonds. The highest BCUT2D eigenvalue weighted by atomic mass is 35.5. The molecule has 0 radical (unpaired) electrons. The number of rotatable bonds is 2. The summed E-state index contributed by atoms with van der Waals surface area (Å²) in [6, 6.07) is 5.46. The monoisotopic (exact) mass is 268 g/mol. The maximum absolute atomic E-state index is 11.0. The van der Waals surface area contributed by atoms with Crippen molar-refractivity contribution in [1.82, 2.24) is 0 Å². The maximum Gasteiger partial charge on any atom is 0.125 e. The zero-order valence-electron chi connectivity index (χ0n) is 11.3. The van der Waals surface area contributed by atoms with Gasteiger partial charge in [-0.15, -0.1) is 0 Å². The maximum atomic E-state index is 11.0. The van der Waals surface area contributed by atoms with Crippen molar-refractivity contribution in [3.8, 4) is 5.75 Å². The lowest BCUT2D eigenvalue weighted by Crippen LogP contribution is -2.36. The van der Waals surface area contributed by atoms with Crippen LogP contribution >= 0.6 is 11.6 Å². The molecule has 0 aliphatic heterocycles. The molecule has 1 atom stereocenters. The van der Waals surface area contributed by atoms with Gasteiger partial charge in [-0.3, -0.25) is 0 Å². The second-order valence-electron chi connectivity index (χ2n) is 6.07. The van der Waals surface area contributed by atoms with E-state index in [9.17, 15) is 5.11 Å². The molecule has 0 saturated heterocycles. The van der Waals surface area contributed by atoms with Gasteiger partial charge in [0.05, 0.1) is 12.7 Å². The average Bonchev–Trinajstić information content (AvgIpc) is 2.27. The van der Waals surface area contributed by atoms with Crippen molar-refractivity contribution in [3.63, 3.8) is 0 Å². The van der Waals surface area contributed by atoms with Gasteiger partial charge in [0, 0.05) is 10.6 Å². The Balaban J connectivity index is 2.43. The van der Waals surface area contributed by atoms with Gasteiger partial charge in [0.2, 0.25) is 0 Å². The van der Waals surface area contributed by atoms with E-state index < -0.39 is 5.60 Å². The molecule has 1 aromatic carbocycles. The summed E-state index contributed by atoms with van der Waals surface area (Å²) >= 11 is 6.06. The van der Waals surface area contributed by atoms with Crippen LogP contribution in [0.15, 0.2) is 18.2 Å². The van der Waals surface area contributed by atoms with Crippen molar-refractivity contribution >= 4 is 11.6 Å². The Labute approximate surface area is 114 Å². The second kappa shape index (κ2) is 4.75. The Bertz CT molecular complexity index is 442. The first-order valence-electron chi connectivity index (χ1n) is 6.43. The Morgan fingerprint density at radius 1 is 1.28 bits per heavy atom. The Kier molecular flexibility index (Phi) is 3.61. The Hall–Kier alpha value is -0.730. The highest BCUT2D eigenvalue weighted by Gasteiger charge is 2.41. The molecule has 1 unspecified atom stereocenters. The third-order valence-corrected chi connectivity index (χ3v) is 4.11. The molecular formula is C15H21ClO2. The summed E-state index contributed by atoms with van der Waals surface area (Å²) in [5.41, 5.74) is 0.156. The van der Waals surface area contributed by atoms with Gasteiger partial charge in [0.15, 0.2) is 0 Å². The standard InChI is InChI=1S/C15H21ClO2/c1-14(2)7-4-8-15(17,10-14)12-9-11(16)5-6-13(12)18-3/h5-6,9,17H,4,7-8,10H2,1-3H3. The van der Waals surface area contributed by atoms with Crippen molar-refractivity contribution < 1.29 is 9.84 Å². The van der Waals surface area contributed by atoms with Crippen LogP contribution in [0.5, 0.6) is 5.75 Å². The average molecular weight is 269 g/mol. The van der Waals surface area contributed by atoms with E-state index in [-0.39, 0.29) is 5.41 Å². The fourth-order valence-corrected chi connectivity index (χ4v) is 3.27. The number of benzene rings is 1. The van der Waals surface area contributed by atoms with Gasteiger partial charge in [0.25, 0.3) is 0 Å². The molecule has 0 aromatic heterocycles. The molecule has 1 aromatic rings. The van der Waals surface area contributed by atoms with Crippen LogP contribution in [-0.4, -0.2) is 12.2 Å². The molecule has 2 nitrogen and oxygen atoms in total. The first kappa shape index (κ1) is 13.7. The van der Waals surface area contributed by atoms with Gasteiger partial charge in [0.1, 0.15) is 5.75 Å². The lowest BCUT2D eigenvalue weighted by molar-refractivity contribution is -0.0454. The summed E-state index contributed by atoms with van der Waals surface area (Å²) < 4.78 is 5.37. The summed E-state index contributed by atoms with van der Waals surface area (Å²) in [5.74, 6) is 0.722. The second-order valence-corrected chi connectivity index (χ2v) is 6.51. The molecule has 100 valence electrons. The van der Waals surface area contributed by atoms with E-state index in [4.69, 9.17) is 16.3 Å². The number of aliphatic hydroxyl groups is 1. The number of methoxy groups -OCH3 is 1. The number of ether oxygens (including phenoxy) is 1. The molecule has 1 saturated carbocycles. The molecule has 0 heterocycles. The first-order valence-corrected chi connectivity index (χ1v) is 6.81. The third-order valence-electron chi connectivity index (χ3n) is 3.88. The summed E-state index contributed by atoms with van der Waals surface area (Å²) in [5, 5.41) is 11.6. The Morgan fingerprint density at radius 2 is 2.00 bits per heavy atom. The quantitative estimate of drug-likeness (QED) is 0.874. The van der Waals surface area contributed by atoms with Crippen LogP contribution in [0.25, 0.3) is 0 Å². The minimum Gasteiger partial charge on any atom is -0.496 e. The zero-order chi connectivity index (χ0) is 13.4. The van der Waals surface area contributed by atoms with E-state index in [1.807, 2.05) is 12.1 Å². The molecule has 1 N–H and O–H groups in total. The van der Waals surface area contributed by atoms with Crippen molar-refractivity contribution in [2.75, 3.05) is 7.11 Å². The van der Waals surface area contributed by atoms with Crippen LogP contribution in [0, 0.1) is 5.41 Å². The fraction of sp³-hybridized carbons (Fsp3) is 0.600. The van der Waals surface area contributed by atoms with Crippen LogP contribution < -0.4 is 4.74 Å². The first-order chi connectivity index (χ1) is 8.36. The van der Waals surface area contributed by atoms with E-state index in [0.29, 0.717) is 5.02 Å². The van der Waals surface area contributed by atoms with E-state index in [1.54, 1.807) is 13.2 Å². The van der Waals surface area contributed by atoms with Gasteiger partial charge < -0.3 is 9.84 Å². The largest absolute Gasteiger partial charge is 0.496 e. The van der Waals surface area contributed by atoms with Gasteiger partial charge in [-0.05, 0) is 49.3 Å². The summed E-state index contributed by atoms with van der Waals surface area (Å²) in [6.45, 7) is 4.41. The predicted octanol–water partition coefficient (Wildman–Crippen LogP) is 4.14. The van der Waals surface area contributed by atoms with Crippen LogP contribution in [-0.2, 0) is 5.60 Å². The summed E-state index contributed by atoms with van der Waals surface area (Å²) in [6.07, 6.45) is 3.70. The topological polar surface area (TPSA) is 29.5 Å². The minimum atomic E-state index is -0.821. The van der Waals surface area contributed by atoms with E-state index in [0.717, 1.165) is 37.0 Å². The molecule has 1 aliphatic rings. The minimum absolute atomic E-state index is 0.153. The van der Waals surface area contributed by atoms with Gasteiger partial charge in [-0.1, -0.05) is 25.4 Å². The van der Waals surface area contributed by atoms with Crippen LogP contribution in [0.4, 0.5) is 0 Å². The smallest absolute Gasteiger partial charge is 0.125 e. The molecule has 2 rings (SSSR count). The van der Waals surface area contributed by atoms with Crippen LogP contribution in [0.3, 0.4) is 0 Å². The molecule has 0 spiro atoms. The lowest BCUT2D eigenvalue weighted by Gasteiger charge is -2.42. The predicted molar refractivity (Wildman–Crippen MR) is 74.1 cm³/mol. The molecule has 1 fully saturated rings. The highest BCUT2D eigenvalue weighted by Crippen LogP contribution is 2.48. The number of hydrogen-bond donors (Lipinski definition) is 1. The molecule has 0 bridgehead atoms. The number of halogens is 1. The summed E-state index contributed by atoms with van der Waals surface area (Å²) in [7, 11) is 1.63. The zero-order valence-corrected chi connectivity index (χ0v) is 12.0. The van der Waals surface area contributed by atoms with Crippen molar-refractivity contribution in [2.45, 2.75) is 45.1 Å². The van der Waals surface area contributed by atoms with Gasteiger partial charge in [-0.25, -0.2) is 0 Å². The lowest BCUT2D eigenvalue weighted by atomic mass is 9.67. The summed E-state index contributed by atoms with van der Waals surface area (Å²) in [4.78, 5) is 0. The molecule has 18 heavy (non-hydrogen) atoms. The number of hydrogen-bond acceptors (Lipinski definition) is 2. The van der Waals surface area contributed by atoms with E-state index in [2.05, 4.69) is 13.8 Å². The molecular weight excluding hydrogens is 248 g/mol. The van der Waals surface area contributed by atoms with E-state index in [1.165, 1.54) is 0 Å². The highest BCUT2D eigenvalue weighted by molar-refractivity contribution is 6.30. The van der Waals surface area contributed by atoms with Gasteiger partial charge in [-0.2, -0.15) is 0 Å². The Morgan fingerprint density at radius 3 is 2.61 bits per heavy atom. The van der Waals surface area contributed by atoms with Crippen LogP contribution in [0.2, 0.25) is 5.02 Å². The van der Waals surface area contributed by atoms with E-state index >= 15 is 0 Å². The van der Waals surface area contributed by atoms with Crippen molar-refractivity contribution in [3.05, 3.63) is 28.8 Å².